The van der Waals surface area contributed by atoms with Crippen LogP contribution in [0.15, 0.2) is 23.3 Å². The molecule has 26 heavy (non-hydrogen) atoms. The summed E-state index contributed by atoms with van der Waals surface area (Å²) >= 11 is 0. The molecule has 1 aromatic heterocycles. The molecule has 0 amide bonds. The molecule has 0 bridgehead atoms. The van der Waals surface area contributed by atoms with Crippen molar-refractivity contribution in [3.05, 3.63) is 23.9 Å². The molecule has 146 valence electrons. The van der Waals surface area contributed by atoms with Crippen molar-refractivity contribution in [2.24, 2.45) is 10.9 Å². The van der Waals surface area contributed by atoms with Crippen molar-refractivity contribution in [2.45, 2.75) is 46.1 Å². The van der Waals surface area contributed by atoms with Gasteiger partial charge in [-0.3, -0.25) is 4.99 Å². The fourth-order valence-electron chi connectivity index (χ4n) is 2.97. The van der Waals surface area contributed by atoms with E-state index in [2.05, 4.69) is 51.5 Å². The van der Waals surface area contributed by atoms with E-state index in [0.717, 1.165) is 57.6 Å². The van der Waals surface area contributed by atoms with Gasteiger partial charge in [-0.1, -0.05) is 13.8 Å². The van der Waals surface area contributed by atoms with E-state index < -0.39 is 0 Å². The molecule has 0 radical (unpaired) electrons. The van der Waals surface area contributed by atoms with Gasteiger partial charge in [-0.05, 0) is 49.3 Å². The number of aromatic nitrogens is 1. The molecule has 1 aliphatic heterocycles. The third kappa shape index (κ3) is 7.60. The lowest BCUT2D eigenvalue weighted by Gasteiger charge is -2.28. The van der Waals surface area contributed by atoms with E-state index in [1.807, 2.05) is 6.20 Å². The largest absolute Gasteiger partial charge is 0.381 e. The first kappa shape index (κ1) is 20.5. The van der Waals surface area contributed by atoms with Crippen LogP contribution in [0.4, 0.5) is 5.82 Å². The van der Waals surface area contributed by atoms with Gasteiger partial charge >= 0.3 is 0 Å². The Kier molecular flexibility index (Phi) is 9.24. The number of pyridine rings is 1. The first-order chi connectivity index (χ1) is 12.7. The summed E-state index contributed by atoms with van der Waals surface area (Å²) in [6, 6.07) is 4.25. The highest BCUT2D eigenvalue weighted by Gasteiger charge is 2.12. The molecule has 6 nitrogen and oxygen atoms in total. The van der Waals surface area contributed by atoms with Crippen LogP contribution in [0.2, 0.25) is 0 Å². The lowest BCUT2D eigenvalue weighted by Crippen LogP contribution is -2.37. The highest BCUT2D eigenvalue weighted by atomic mass is 16.5. The van der Waals surface area contributed by atoms with Gasteiger partial charge in [-0.25, -0.2) is 4.98 Å². The number of guanidine groups is 1. The Balaban J connectivity index is 1.70. The number of aliphatic imine (C=N–C) groups is 1. The minimum absolute atomic E-state index is 0.590. The maximum Gasteiger partial charge on any atom is 0.191 e. The van der Waals surface area contributed by atoms with Gasteiger partial charge in [0.15, 0.2) is 5.96 Å². The zero-order valence-electron chi connectivity index (χ0n) is 16.6. The van der Waals surface area contributed by atoms with Crippen molar-refractivity contribution in [3.8, 4) is 0 Å². The number of rotatable bonds is 9. The molecule has 2 rings (SSSR count). The summed E-state index contributed by atoms with van der Waals surface area (Å²) in [7, 11) is 1.80. The number of anilines is 1. The molecule has 1 saturated heterocycles. The van der Waals surface area contributed by atoms with Crippen LogP contribution in [0.3, 0.4) is 0 Å². The van der Waals surface area contributed by atoms with E-state index in [4.69, 9.17) is 4.74 Å². The van der Waals surface area contributed by atoms with Gasteiger partial charge in [-0.2, -0.15) is 0 Å². The van der Waals surface area contributed by atoms with Crippen LogP contribution in [0.25, 0.3) is 0 Å². The predicted molar refractivity (Wildman–Crippen MR) is 109 cm³/mol. The highest BCUT2D eigenvalue weighted by Crippen LogP contribution is 2.18. The summed E-state index contributed by atoms with van der Waals surface area (Å²) in [6.07, 6.45) is 6.75. The number of nitrogens with zero attached hydrogens (tertiary/aromatic N) is 3. The molecular weight excluding hydrogens is 326 g/mol. The molecular formula is C20H35N5O. The topological polar surface area (TPSA) is 61.8 Å². The molecule has 1 aromatic rings. The van der Waals surface area contributed by atoms with Gasteiger partial charge in [0, 0.05) is 52.6 Å². The molecule has 6 heteroatoms. The van der Waals surface area contributed by atoms with E-state index >= 15 is 0 Å². The molecule has 0 spiro atoms. The Hall–Kier alpha value is -1.82. The Bertz CT molecular complexity index is 541. The van der Waals surface area contributed by atoms with E-state index in [-0.39, 0.29) is 0 Å². The smallest absolute Gasteiger partial charge is 0.191 e. The predicted octanol–water partition coefficient (Wildman–Crippen LogP) is 2.80. The minimum Gasteiger partial charge on any atom is -0.381 e. The molecule has 0 unspecified atom stereocenters. The molecule has 0 atom stereocenters. The zero-order chi connectivity index (χ0) is 18.6. The van der Waals surface area contributed by atoms with E-state index in [1.165, 1.54) is 24.8 Å². The maximum absolute atomic E-state index is 5.60. The van der Waals surface area contributed by atoms with Crippen molar-refractivity contribution in [1.29, 1.82) is 0 Å². The quantitative estimate of drug-likeness (QED) is 0.402. The summed E-state index contributed by atoms with van der Waals surface area (Å²) < 4.78 is 5.60. The molecule has 0 aliphatic carbocycles. The summed E-state index contributed by atoms with van der Waals surface area (Å²) in [4.78, 5) is 11.2. The zero-order valence-corrected chi connectivity index (χ0v) is 16.6. The molecule has 2 N–H and O–H groups in total. The molecule has 1 fully saturated rings. The normalized spacial score (nSPS) is 15.4. The highest BCUT2D eigenvalue weighted by molar-refractivity contribution is 5.79. The first-order valence-corrected chi connectivity index (χ1v) is 9.91. The fraction of sp³-hybridized carbons (Fsp3) is 0.700. The van der Waals surface area contributed by atoms with Gasteiger partial charge in [0.05, 0.1) is 0 Å². The number of nitrogens with one attached hydrogen (secondary N) is 2. The Morgan fingerprint density at radius 1 is 1.27 bits per heavy atom. The molecule has 0 saturated carbocycles. The first-order valence-electron chi connectivity index (χ1n) is 9.91. The third-order valence-electron chi connectivity index (χ3n) is 4.38. The lowest BCUT2D eigenvalue weighted by molar-refractivity contribution is 0.108. The summed E-state index contributed by atoms with van der Waals surface area (Å²) in [5, 5.41) is 6.72. The average molecular weight is 362 g/mol. The van der Waals surface area contributed by atoms with Crippen LogP contribution >= 0.6 is 0 Å². The van der Waals surface area contributed by atoms with Crippen molar-refractivity contribution in [1.82, 2.24) is 15.6 Å². The Morgan fingerprint density at radius 3 is 2.81 bits per heavy atom. The maximum atomic E-state index is 5.60. The molecule has 1 aliphatic rings. The molecule has 2 heterocycles. The van der Waals surface area contributed by atoms with Crippen LogP contribution < -0.4 is 15.5 Å². The van der Waals surface area contributed by atoms with Crippen LogP contribution in [0, 0.1) is 5.92 Å². The summed E-state index contributed by atoms with van der Waals surface area (Å²) in [5.74, 6) is 2.51. The Labute approximate surface area is 158 Å². The van der Waals surface area contributed by atoms with Crippen LogP contribution in [0.5, 0.6) is 0 Å². The minimum atomic E-state index is 0.590. The van der Waals surface area contributed by atoms with Crippen LogP contribution in [0.1, 0.15) is 45.1 Å². The van der Waals surface area contributed by atoms with Crippen LogP contribution in [-0.2, 0) is 11.3 Å². The average Bonchev–Trinajstić information content (AvgIpc) is 2.67. The van der Waals surface area contributed by atoms with Crippen molar-refractivity contribution in [3.63, 3.8) is 0 Å². The third-order valence-corrected chi connectivity index (χ3v) is 4.38. The van der Waals surface area contributed by atoms with Gasteiger partial charge in [0.25, 0.3) is 0 Å². The van der Waals surface area contributed by atoms with Crippen molar-refractivity contribution < 1.29 is 4.74 Å². The standard InChI is InChI=1S/C20H35N5O/c1-17(2)16-26-13-7-9-23-20(21-3)24-15-18-8-10-22-19(14-18)25-11-5-4-6-12-25/h8,10,14,17H,4-7,9,11-13,15-16H2,1-3H3,(H2,21,23,24). The van der Waals surface area contributed by atoms with Gasteiger partial charge in [0.2, 0.25) is 0 Å². The van der Waals surface area contributed by atoms with Gasteiger partial charge in [0.1, 0.15) is 5.82 Å². The van der Waals surface area contributed by atoms with E-state index in [1.54, 1.807) is 7.05 Å². The molecule has 0 aromatic carbocycles. The number of hydrogen-bond donors (Lipinski definition) is 2. The van der Waals surface area contributed by atoms with Crippen LogP contribution in [-0.4, -0.2) is 50.8 Å². The summed E-state index contributed by atoms with van der Waals surface area (Å²) in [5.41, 5.74) is 1.23. The Morgan fingerprint density at radius 2 is 2.08 bits per heavy atom. The fourth-order valence-corrected chi connectivity index (χ4v) is 2.97. The number of hydrogen-bond acceptors (Lipinski definition) is 4. The number of piperidine rings is 1. The lowest BCUT2D eigenvalue weighted by atomic mass is 10.1. The SMILES string of the molecule is CN=C(NCCCOCC(C)C)NCc1ccnc(N2CCCCC2)c1. The second-order valence-electron chi connectivity index (χ2n) is 7.24. The number of ether oxygens (including phenoxy) is 1. The second-order valence-corrected chi connectivity index (χ2v) is 7.24. The van der Waals surface area contributed by atoms with Gasteiger partial charge in [-0.15, -0.1) is 0 Å². The van der Waals surface area contributed by atoms with Gasteiger partial charge < -0.3 is 20.3 Å². The summed E-state index contributed by atoms with van der Waals surface area (Å²) in [6.45, 7) is 9.78. The monoisotopic (exact) mass is 361 g/mol. The van der Waals surface area contributed by atoms with Crippen molar-refractivity contribution >= 4 is 11.8 Å². The van der Waals surface area contributed by atoms with E-state index in [9.17, 15) is 0 Å². The van der Waals surface area contributed by atoms with Crippen molar-refractivity contribution in [2.75, 3.05) is 44.8 Å². The van der Waals surface area contributed by atoms with E-state index in [0.29, 0.717) is 5.92 Å². The second kappa shape index (κ2) is 11.7.